The summed E-state index contributed by atoms with van der Waals surface area (Å²) in [5.74, 6) is 6.95. The normalized spacial score (nSPS) is 10.0. The molecule has 0 saturated carbocycles. The molecule has 0 aromatic rings. The first-order valence-corrected chi connectivity index (χ1v) is 5.96. The molecule has 0 unspecified atom stereocenters. The summed E-state index contributed by atoms with van der Waals surface area (Å²) in [5.41, 5.74) is 0. The van der Waals surface area contributed by atoms with E-state index in [1.807, 2.05) is 0 Å². The van der Waals surface area contributed by atoms with Crippen LogP contribution in [-0.4, -0.2) is 13.1 Å². The fourth-order valence-corrected chi connectivity index (χ4v) is 1.27. The molecule has 84 valence electrons. The van der Waals surface area contributed by atoms with Crippen LogP contribution in [0, 0.1) is 17.8 Å². The molecule has 0 atom stereocenters. The fourth-order valence-electron chi connectivity index (χ4n) is 1.27. The Morgan fingerprint density at radius 3 is 2.50 bits per heavy atom. The molecule has 0 spiro atoms. The van der Waals surface area contributed by atoms with Crippen molar-refractivity contribution < 1.29 is 1.43 Å². The lowest BCUT2D eigenvalue weighted by Gasteiger charge is -2.00. The maximum Gasteiger partial charge on any atom is 0.0146 e. The zero-order valence-corrected chi connectivity index (χ0v) is 10.0. The van der Waals surface area contributed by atoms with Gasteiger partial charge in [-0.3, -0.25) is 0 Å². The highest BCUT2D eigenvalue weighted by molar-refractivity contribution is 5.00. The van der Waals surface area contributed by atoms with Gasteiger partial charge in [-0.25, -0.2) is 0 Å². The van der Waals surface area contributed by atoms with E-state index < -0.39 is 0 Å². The lowest BCUT2D eigenvalue weighted by atomic mass is 10.1. The highest BCUT2D eigenvalue weighted by Gasteiger charge is 1.88. The van der Waals surface area contributed by atoms with Crippen LogP contribution in [0.3, 0.4) is 0 Å². The Labute approximate surface area is 91.2 Å². The SMILES string of the molecule is CCNCCCCCCC#CC(C)C.[HH]. The van der Waals surface area contributed by atoms with Crippen LogP contribution in [0.25, 0.3) is 0 Å². The predicted molar refractivity (Wildman–Crippen MR) is 66.4 cm³/mol. The summed E-state index contributed by atoms with van der Waals surface area (Å²) in [7, 11) is 0. The Bertz CT molecular complexity index is 167. The number of nitrogens with one attached hydrogen (secondary N) is 1. The first kappa shape index (κ1) is 13.5. The zero-order valence-electron chi connectivity index (χ0n) is 10.0. The van der Waals surface area contributed by atoms with Crippen molar-refractivity contribution in [2.45, 2.75) is 52.9 Å². The minimum absolute atomic E-state index is 0. The molecule has 0 aliphatic carbocycles. The number of unbranched alkanes of at least 4 members (excludes halogenated alkanes) is 4. The molecule has 0 aliphatic rings. The van der Waals surface area contributed by atoms with Gasteiger partial charge in [0.25, 0.3) is 0 Å². The first-order chi connectivity index (χ1) is 6.77. The molecular weight excluding hydrogens is 170 g/mol. The molecule has 0 saturated heterocycles. The summed E-state index contributed by atoms with van der Waals surface area (Å²) in [6.07, 6.45) is 6.34. The molecule has 0 rings (SSSR count). The van der Waals surface area contributed by atoms with E-state index in [9.17, 15) is 0 Å². The van der Waals surface area contributed by atoms with E-state index in [0.29, 0.717) is 5.92 Å². The lowest BCUT2D eigenvalue weighted by Crippen LogP contribution is -2.13. The average Bonchev–Trinajstić information content (AvgIpc) is 2.15. The third-order valence-electron chi connectivity index (χ3n) is 2.05. The summed E-state index contributed by atoms with van der Waals surface area (Å²) in [4.78, 5) is 0. The monoisotopic (exact) mass is 197 g/mol. The van der Waals surface area contributed by atoms with Gasteiger partial charge < -0.3 is 5.32 Å². The van der Waals surface area contributed by atoms with Crippen LogP contribution in [0.4, 0.5) is 0 Å². The number of hydrogen-bond donors (Lipinski definition) is 1. The molecule has 0 bridgehead atoms. The summed E-state index contributed by atoms with van der Waals surface area (Å²) in [6.45, 7) is 8.71. The van der Waals surface area contributed by atoms with Crippen molar-refractivity contribution in [1.82, 2.24) is 5.32 Å². The van der Waals surface area contributed by atoms with E-state index in [1.165, 1.54) is 32.2 Å². The van der Waals surface area contributed by atoms with Crippen LogP contribution in [0.15, 0.2) is 0 Å². The van der Waals surface area contributed by atoms with Gasteiger partial charge in [0, 0.05) is 13.8 Å². The van der Waals surface area contributed by atoms with E-state index in [2.05, 4.69) is 37.9 Å². The van der Waals surface area contributed by atoms with Crippen LogP contribution < -0.4 is 5.32 Å². The smallest absolute Gasteiger partial charge is 0.0146 e. The molecule has 0 aliphatic heterocycles. The second-order valence-electron chi connectivity index (χ2n) is 3.99. The van der Waals surface area contributed by atoms with Gasteiger partial charge in [0.1, 0.15) is 0 Å². The van der Waals surface area contributed by atoms with Gasteiger partial charge in [-0.2, -0.15) is 0 Å². The van der Waals surface area contributed by atoms with Crippen molar-refractivity contribution in [1.29, 1.82) is 0 Å². The van der Waals surface area contributed by atoms with Crippen LogP contribution >= 0.6 is 0 Å². The largest absolute Gasteiger partial charge is 0.317 e. The average molecular weight is 197 g/mol. The summed E-state index contributed by atoms with van der Waals surface area (Å²) < 4.78 is 0. The highest BCUT2D eigenvalue weighted by atomic mass is 14.8. The third-order valence-corrected chi connectivity index (χ3v) is 2.05. The van der Waals surface area contributed by atoms with E-state index in [-0.39, 0.29) is 1.43 Å². The van der Waals surface area contributed by atoms with Crippen LogP contribution in [-0.2, 0) is 0 Å². The van der Waals surface area contributed by atoms with Gasteiger partial charge in [-0.1, -0.05) is 33.6 Å². The Morgan fingerprint density at radius 1 is 1.14 bits per heavy atom. The molecule has 0 radical (unpaired) electrons. The van der Waals surface area contributed by atoms with Crippen molar-refractivity contribution in [2.75, 3.05) is 13.1 Å². The first-order valence-electron chi connectivity index (χ1n) is 5.96. The molecule has 14 heavy (non-hydrogen) atoms. The van der Waals surface area contributed by atoms with Crippen molar-refractivity contribution in [3.63, 3.8) is 0 Å². The van der Waals surface area contributed by atoms with Crippen LogP contribution in [0.2, 0.25) is 0 Å². The Hall–Kier alpha value is -0.480. The maximum absolute atomic E-state index is 3.34. The lowest BCUT2D eigenvalue weighted by molar-refractivity contribution is 0.603. The van der Waals surface area contributed by atoms with Crippen molar-refractivity contribution >= 4 is 0 Å². The summed E-state index contributed by atoms with van der Waals surface area (Å²) in [6, 6.07) is 0. The van der Waals surface area contributed by atoms with Gasteiger partial charge in [-0.05, 0) is 25.9 Å². The molecule has 0 aromatic heterocycles. The van der Waals surface area contributed by atoms with Crippen molar-refractivity contribution in [3.05, 3.63) is 0 Å². The van der Waals surface area contributed by atoms with Crippen LogP contribution in [0.1, 0.15) is 54.3 Å². The second-order valence-corrected chi connectivity index (χ2v) is 3.99. The fraction of sp³-hybridized carbons (Fsp3) is 0.846. The Morgan fingerprint density at radius 2 is 1.86 bits per heavy atom. The molecule has 0 fully saturated rings. The minimum Gasteiger partial charge on any atom is -0.317 e. The summed E-state index contributed by atoms with van der Waals surface area (Å²) in [5, 5.41) is 3.34. The number of rotatable bonds is 7. The molecule has 1 nitrogen and oxygen atoms in total. The molecule has 0 heterocycles. The quantitative estimate of drug-likeness (QED) is 0.487. The van der Waals surface area contributed by atoms with Gasteiger partial charge in [0.15, 0.2) is 0 Å². The predicted octanol–water partition coefficient (Wildman–Crippen LogP) is 3.45. The van der Waals surface area contributed by atoms with E-state index >= 15 is 0 Å². The second kappa shape index (κ2) is 10.6. The highest BCUT2D eigenvalue weighted by Crippen LogP contribution is 2.01. The molecular formula is C13H27N. The van der Waals surface area contributed by atoms with Crippen molar-refractivity contribution in [2.24, 2.45) is 5.92 Å². The zero-order chi connectivity index (χ0) is 10.6. The van der Waals surface area contributed by atoms with Crippen molar-refractivity contribution in [3.8, 4) is 11.8 Å². The van der Waals surface area contributed by atoms with Gasteiger partial charge in [0.2, 0.25) is 0 Å². The topological polar surface area (TPSA) is 12.0 Å². The van der Waals surface area contributed by atoms with E-state index in [4.69, 9.17) is 0 Å². The third kappa shape index (κ3) is 11.5. The van der Waals surface area contributed by atoms with Gasteiger partial charge >= 0.3 is 0 Å². The van der Waals surface area contributed by atoms with Crippen LogP contribution in [0.5, 0.6) is 0 Å². The molecule has 1 heteroatoms. The summed E-state index contributed by atoms with van der Waals surface area (Å²) >= 11 is 0. The Balaban J connectivity index is 0. The molecule has 0 aromatic carbocycles. The Kier molecular flexibility index (Phi) is 10.2. The van der Waals surface area contributed by atoms with E-state index in [0.717, 1.165) is 13.0 Å². The standard InChI is InChI=1S/C13H25N.H2/c1-4-14-12-10-8-6-5-7-9-11-13(2)3;/h13-14H,4-8,10,12H2,1-3H3;1H. The molecule has 0 amide bonds. The number of hydrogen-bond acceptors (Lipinski definition) is 1. The maximum atomic E-state index is 3.34. The molecule has 1 N–H and O–H groups in total. The van der Waals surface area contributed by atoms with Gasteiger partial charge in [0.05, 0.1) is 0 Å². The van der Waals surface area contributed by atoms with Gasteiger partial charge in [-0.15, -0.1) is 11.8 Å². The van der Waals surface area contributed by atoms with E-state index in [1.54, 1.807) is 0 Å². The minimum atomic E-state index is 0.